The molecular formula is C20H17ClN2O3S. The molecule has 1 N–H and O–H groups in total. The molecular weight excluding hydrogens is 384 g/mol. The van der Waals surface area contributed by atoms with Gasteiger partial charge in [-0.3, -0.25) is 4.79 Å². The van der Waals surface area contributed by atoms with E-state index in [-0.39, 0.29) is 19.1 Å². The maximum Gasteiger partial charge on any atom is 0.231 e. The van der Waals surface area contributed by atoms with E-state index in [0.29, 0.717) is 23.7 Å². The number of nitrogens with one attached hydrogen (secondary N) is 1. The zero-order valence-electron chi connectivity index (χ0n) is 14.4. The van der Waals surface area contributed by atoms with Gasteiger partial charge in [-0.1, -0.05) is 29.8 Å². The summed E-state index contributed by atoms with van der Waals surface area (Å²) in [4.78, 5) is 16.8. The monoisotopic (exact) mass is 400 g/mol. The van der Waals surface area contributed by atoms with Gasteiger partial charge in [-0.25, -0.2) is 4.98 Å². The molecule has 5 nitrogen and oxygen atoms in total. The lowest BCUT2D eigenvalue weighted by atomic mass is 10.2. The van der Waals surface area contributed by atoms with Crippen LogP contribution in [0.1, 0.15) is 21.8 Å². The highest BCUT2D eigenvalue weighted by atomic mass is 35.5. The Morgan fingerprint density at radius 1 is 1.15 bits per heavy atom. The van der Waals surface area contributed by atoms with Crippen LogP contribution in [-0.2, 0) is 24.2 Å². The number of carbonyl (C=O) groups excluding carboxylic acids is 1. The number of benzene rings is 2. The third-order valence-electron chi connectivity index (χ3n) is 4.11. The van der Waals surface area contributed by atoms with E-state index in [1.165, 1.54) is 0 Å². The molecule has 0 saturated carbocycles. The number of aromatic nitrogens is 1. The lowest BCUT2D eigenvalue weighted by Crippen LogP contribution is -2.24. The number of thiazole rings is 1. The van der Waals surface area contributed by atoms with Crippen molar-refractivity contribution in [3.05, 3.63) is 74.7 Å². The van der Waals surface area contributed by atoms with Crippen molar-refractivity contribution in [2.75, 3.05) is 6.79 Å². The summed E-state index contributed by atoms with van der Waals surface area (Å²) in [6.07, 6.45) is 0.973. The first-order valence-electron chi connectivity index (χ1n) is 8.49. The molecule has 4 rings (SSSR count). The molecule has 0 radical (unpaired) electrons. The minimum Gasteiger partial charge on any atom is -0.454 e. The van der Waals surface area contributed by atoms with Crippen LogP contribution in [0.15, 0.2) is 47.8 Å². The first-order valence-corrected chi connectivity index (χ1v) is 9.74. The Labute approximate surface area is 165 Å². The van der Waals surface area contributed by atoms with Crippen molar-refractivity contribution < 1.29 is 14.3 Å². The van der Waals surface area contributed by atoms with Gasteiger partial charge in [0.25, 0.3) is 0 Å². The summed E-state index contributed by atoms with van der Waals surface area (Å²) in [5.41, 5.74) is 2.85. The Kier molecular flexibility index (Phi) is 5.27. The van der Waals surface area contributed by atoms with E-state index in [1.807, 2.05) is 47.8 Å². The smallest absolute Gasteiger partial charge is 0.231 e. The van der Waals surface area contributed by atoms with Crippen LogP contribution < -0.4 is 14.8 Å². The van der Waals surface area contributed by atoms with Crippen molar-refractivity contribution in [2.45, 2.75) is 19.4 Å². The highest BCUT2D eigenvalue weighted by molar-refractivity contribution is 7.09. The molecule has 2 aromatic carbocycles. The Hall–Kier alpha value is -2.57. The van der Waals surface area contributed by atoms with Gasteiger partial charge in [0, 0.05) is 23.4 Å². The van der Waals surface area contributed by atoms with E-state index in [9.17, 15) is 4.79 Å². The minimum absolute atomic E-state index is 0.0627. The van der Waals surface area contributed by atoms with Crippen LogP contribution in [0.2, 0.25) is 5.02 Å². The van der Waals surface area contributed by atoms with Crippen molar-refractivity contribution in [3.8, 4) is 11.5 Å². The standard InChI is InChI=1S/C20H17ClN2O3S/c21-15-3-1-2-13(6-15)8-20-23-16(11-27-20)9-19(24)22-10-14-4-5-17-18(7-14)26-12-25-17/h1-7,11H,8-10,12H2,(H,22,24). The van der Waals surface area contributed by atoms with E-state index >= 15 is 0 Å². The van der Waals surface area contributed by atoms with Crippen LogP contribution in [-0.4, -0.2) is 17.7 Å². The molecule has 0 spiro atoms. The van der Waals surface area contributed by atoms with Gasteiger partial charge in [0.1, 0.15) is 0 Å². The van der Waals surface area contributed by atoms with E-state index in [0.717, 1.165) is 27.6 Å². The third-order valence-corrected chi connectivity index (χ3v) is 5.24. The minimum atomic E-state index is -0.0627. The molecule has 1 amide bonds. The van der Waals surface area contributed by atoms with Crippen molar-refractivity contribution in [2.24, 2.45) is 0 Å². The van der Waals surface area contributed by atoms with Gasteiger partial charge in [-0.15, -0.1) is 11.3 Å². The van der Waals surface area contributed by atoms with Crippen LogP contribution in [0.5, 0.6) is 11.5 Å². The first kappa shape index (κ1) is 17.8. The van der Waals surface area contributed by atoms with Crippen LogP contribution in [0, 0.1) is 0 Å². The summed E-state index contributed by atoms with van der Waals surface area (Å²) in [6.45, 7) is 0.682. The fourth-order valence-corrected chi connectivity index (χ4v) is 3.85. The molecule has 3 aromatic rings. The number of ether oxygens (including phenoxy) is 2. The molecule has 0 aliphatic carbocycles. The van der Waals surface area contributed by atoms with Crippen LogP contribution >= 0.6 is 22.9 Å². The van der Waals surface area contributed by atoms with E-state index in [1.54, 1.807) is 11.3 Å². The molecule has 1 aliphatic rings. The zero-order chi connectivity index (χ0) is 18.6. The number of hydrogen-bond acceptors (Lipinski definition) is 5. The molecule has 27 heavy (non-hydrogen) atoms. The number of halogens is 1. The lowest BCUT2D eigenvalue weighted by Gasteiger charge is -2.05. The van der Waals surface area contributed by atoms with Crippen LogP contribution in [0.3, 0.4) is 0 Å². The summed E-state index contributed by atoms with van der Waals surface area (Å²) in [5.74, 6) is 1.39. The highest BCUT2D eigenvalue weighted by Crippen LogP contribution is 2.32. The summed E-state index contributed by atoms with van der Waals surface area (Å²) >= 11 is 7.57. The predicted molar refractivity (Wildman–Crippen MR) is 104 cm³/mol. The number of fused-ring (bicyclic) bond motifs is 1. The fraction of sp³-hybridized carbons (Fsp3) is 0.200. The van der Waals surface area contributed by atoms with Crippen LogP contribution in [0.25, 0.3) is 0 Å². The number of amides is 1. The Morgan fingerprint density at radius 2 is 2.04 bits per heavy atom. The second-order valence-electron chi connectivity index (χ2n) is 6.18. The van der Waals surface area contributed by atoms with E-state index in [4.69, 9.17) is 21.1 Å². The first-order chi connectivity index (χ1) is 13.2. The molecule has 0 fully saturated rings. The van der Waals surface area contributed by atoms with E-state index in [2.05, 4.69) is 10.3 Å². The Balaban J connectivity index is 1.30. The summed E-state index contributed by atoms with van der Waals surface area (Å²) < 4.78 is 10.6. The SMILES string of the molecule is O=C(Cc1csc(Cc2cccc(Cl)c2)n1)NCc1ccc2c(c1)OCO2. The summed E-state index contributed by atoms with van der Waals surface area (Å²) in [6, 6.07) is 13.4. The van der Waals surface area contributed by atoms with Gasteiger partial charge in [-0.05, 0) is 35.4 Å². The molecule has 1 aromatic heterocycles. The molecule has 0 atom stereocenters. The highest BCUT2D eigenvalue weighted by Gasteiger charge is 2.14. The molecule has 138 valence electrons. The summed E-state index contributed by atoms with van der Waals surface area (Å²) in [5, 5.41) is 6.53. The van der Waals surface area contributed by atoms with Gasteiger partial charge < -0.3 is 14.8 Å². The molecule has 2 heterocycles. The average molecular weight is 401 g/mol. The van der Waals surface area contributed by atoms with Crippen molar-refractivity contribution in [3.63, 3.8) is 0 Å². The Bertz CT molecular complexity index is 973. The van der Waals surface area contributed by atoms with Gasteiger partial charge in [0.05, 0.1) is 17.1 Å². The number of hydrogen-bond donors (Lipinski definition) is 1. The van der Waals surface area contributed by atoms with Gasteiger partial charge in [0.15, 0.2) is 11.5 Å². The summed E-state index contributed by atoms with van der Waals surface area (Å²) in [7, 11) is 0. The second kappa shape index (κ2) is 7.98. The normalized spacial score (nSPS) is 12.2. The fourth-order valence-electron chi connectivity index (χ4n) is 2.81. The number of nitrogens with zero attached hydrogens (tertiary/aromatic N) is 1. The topological polar surface area (TPSA) is 60.5 Å². The van der Waals surface area contributed by atoms with Crippen molar-refractivity contribution in [1.82, 2.24) is 10.3 Å². The average Bonchev–Trinajstić information content (AvgIpc) is 3.29. The number of rotatable bonds is 6. The van der Waals surface area contributed by atoms with Crippen LogP contribution in [0.4, 0.5) is 0 Å². The maximum atomic E-state index is 12.2. The van der Waals surface area contributed by atoms with Gasteiger partial charge in [-0.2, -0.15) is 0 Å². The predicted octanol–water partition coefficient (Wildman–Crippen LogP) is 3.97. The second-order valence-corrected chi connectivity index (χ2v) is 7.56. The zero-order valence-corrected chi connectivity index (χ0v) is 16.0. The molecule has 0 unspecified atom stereocenters. The Morgan fingerprint density at radius 3 is 2.93 bits per heavy atom. The van der Waals surface area contributed by atoms with Crippen molar-refractivity contribution >= 4 is 28.8 Å². The number of carbonyl (C=O) groups is 1. The molecule has 0 saturated heterocycles. The largest absolute Gasteiger partial charge is 0.454 e. The van der Waals surface area contributed by atoms with Gasteiger partial charge >= 0.3 is 0 Å². The van der Waals surface area contributed by atoms with Gasteiger partial charge in [0.2, 0.25) is 12.7 Å². The quantitative estimate of drug-likeness (QED) is 0.680. The maximum absolute atomic E-state index is 12.2. The molecule has 1 aliphatic heterocycles. The van der Waals surface area contributed by atoms with Crippen molar-refractivity contribution in [1.29, 1.82) is 0 Å². The molecule has 7 heteroatoms. The third kappa shape index (κ3) is 4.59. The lowest BCUT2D eigenvalue weighted by molar-refractivity contribution is -0.120. The molecule has 0 bridgehead atoms. The van der Waals surface area contributed by atoms with E-state index < -0.39 is 0 Å².